The van der Waals surface area contributed by atoms with Gasteiger partial charge >= 0.3 is 0 Å². The molecule has 2 fully saturated rings. The normalized spacial score (nSPS) is 21.5. The van der Waals surface area contributed by atoms with Crippen LogP contribution in [0.2, 0.25) is 0 Å². The number of benzene rings is 1. The van der Waals surface area contributed by atoms with Crippen molar-refractivity contribution in [3.8, 4) is 0 Å². The standard InChI is InChI=1S/C26H32N4O2S/c1-15-12-30(13-16(2)32-15)14-20-7-5-19(6-8-20)11-27-25(31)23-17(3)22-18(4)28-24(21-9-10-21)29-26(22)33-23/h5-8,15-16,21H,9-14H2,1-4H3,(H,27,31). The van der Waals surface area contributed by atoms with Crippen molar-refractivity contribution in [2.75, 3.05) is 13.1 Å². The molecule has 0 spiro atoms. The Morgan fingerprint density at radius 3 is 2.42 bits per heavy atom. The van der Waals surface area contributed by atoms with E-state index in [4.69, 9.17) is 14.7 Å². The maximum absolute atomic E-state index is 13.0. The number of rotatable bonds is 6. The highest BCUT2D eigenvalue weighted by atomic mass is 32.1. The zero-order valence-corrected chi connectivity index (χ0v) is 20.7. The number of fused-ring (bicyclic) bond motifs is 1. The van der Waals surface area contributed by atoms with Crippen molar-refractivity contribution < 1.29 is 9.53 Å². The number of hydrogen-bond donors (Lipinski definition) is 1. The SMILES string of the molecule is Cc1nc(C2CC2)nc2sc(C(=O)NCc3ccc(CN4CC(C)OC(C)C4)cc3)c(C)c12. The molecule has 2 aromatic heterocycles. The van der Waals surface area contributed by atoms with Gasteiger partial charge in [-0.05, 0) is 57.2 Å². The van der Waals surface area contributed by atoms with E-state index in [0.29, 0.717) is 12.5 Å². The van der Waals surface area contributed by atoms with Gasteiger partial charge in [-0.25, -0.2) is 9.97 Å². The first-order chi connectivity index (χ1) is 15.9. The number of aromatic nitrogens is 2. The summed E-state index contributed by atoms with van der Waals surface area (Å²) in [6.07, 6.45) is 2.89. The van der Waals surface area contributed by atoms with Crippen LogP contribution in [0.3, 0.4) is 0 Å². The Labute approximate surface area is 199 Å². The molecule has 2 atom stereocenters. The van der Waals surface area contributed by atoms with Crippen LogP contribution in [0, 0.1) is 13.8 Å². The molecular formula is C26H32N4O2S. The van der Waals surface area contributed by atoms with E-state index < -0.39 is 0 Å². The fourth-order valence-electron chi connectivity index (χ4n) is 4.80. The molecule has 1 saturated heterocycles. The van der Waals surface area contributed by atoms with Crippen LogP contribution in [0.4, 0.5) is 0 Å². The van der Waals surface area contributed by atoms with Crippen LogP contribution in [-0.4, -0.2) is 46.1 Å². The van der Waals surface area contributed by atoms with Gasteiger partial charge in [0.15, 0.2) is 0 Å². The zero-order valence-electron chi connectivity index (χ0n) is 19.9. The number of nitrogens with zero attached hydrogens (tertiary/aromatic N) is 3. The Hall–Kier alpha value is -2.35. The molecular weight excluding hydrogens is 432 g/mol. The third kappa shape index (κ3) is 4.95. The Balaban J connectivity index is 1.22. The summed E-state index contributed by atoms with van der Waals surface area (Å²) < 4.78 is 5.83. The molecule has 2 unspecified atom stereocenters. The van der Waals surface area contributed by atoms with Crippen LogP contribution in [0.25, 0.3) is 10.2 Å². The predicted octanol–water partition coefficient (Wildman–Crippen LogP) is 4.72. The fraction of sp³-hybridized carbons (Fsp3) is 0.500. The van der Waals surface area contributed by atoms with Crippen LogP contribution < -0.4 is 5.32 Å². The number of ether oxygens (including phenoxy) is 1. The second-order valence-electron chi connectivity index (χ2n) is 9.63. The summed E-state index contributed by atoms with van der Waals surface area (Å²) in [5, 5.41) is 4.13. The average Bonchev–Trinajstić information content (AvgIpc) is 3.56. The van der Waals surface area contributed by atoms with E-state index in [9.17, 15) is 4.79 Å². The van der Waals surface area contributed by atoms with E-state index in [1.54, 1.807) is 0 Å². The Morgan fingerprint density at radius 2 is 1.76 bits per heavy atom. The Kier molecular flexibility index (Phi) is 6.20. The van der Waals surface area contributed by atoms with Gasteiger partial charge in [0.05, 0.1) is 22.8 Å². The van der Waals surface area contributed by atoms with Crippen LogP contribution in [0.5, 0.6) is 0 Å². The van der Waals surface area contributed by atoms with Gasteiger partial charge in [-0.2, -0.15) is 0 Å². The molecule has 1 N–H and O–H groups in total. The number of aryl methyl sites for hydroxylation is 2. The third-order valence-corrected chi connectivity index (χ3v) is 7.70. The number of hydrogen-bond acceptors (Lipinski definition) is 6. The second kappa shape index (κ2) is 9.12. The van der Waals surface area contributed by atoms with Crippen molar-refractivity contribution >= 4 is 27.5 Å². The summed E-state index contributed by atoms with van der Waals surface area (Å²) in [6, 6.07) is 8.54. The van der Waals surface area contributed by atoms with Crippen molar-refractivity contribution in [2.24, 2.45) is 0 Å². The summed E-state index contributed by atoms with van der Waals surface area (Å²) in [6.45, 7) is 11.6. The Bertz CT molecular complexity index is 1160. The first-order valence-corrected chi connectivity index (χ1v) is 12.7. The first kappa shape index (κ1) is 22.4. The van der Waals surface area contributed by atoms with Crippen LogP contribution >= 0.6 is 11.3 Å². The molecule has 1 aromatic carbocycles. The van der Waals surface area contributed by atoms with E-state index in [1.807, 2.05) is 13.8 Å². The summed E-state index contributed by atoms with van der Waals surface area (Å²) in [5.41, 5.74) is 4.35. The smallest absolute Gasteiger partial charge is 0.261 e. The Morgan fingerprint density at radius 1 is 1.09 bits per heavy atom. The molecule has 6 nitrogen and oxygen atoms in total. The van der Waals surface area contributed by atoms with Gasteiger partial charge in [-0.1, -0.05) is 24.3 Å². The minimum absolute atomic E-state index is 0.0387. The predicted molar refractivity (Wildman–Crippen MR) is 132 cm³/mol. The molecule has 174 valence electrons. The summed E-state index contributed by atoms with van der Waals surface area (Å²) in [5.74, 6) is 1.41. The number of nitrogens with one attached hydrogen (secondary N) is 1. The number of amides is 1. The monoisotopic (exact) mass is 464 g/mol. The highest BCUT2D eigenvalue weighted by Gasteiger charge is 2.28. The molecule has 5 rings (SSSR count). The van der Waals surface area contributed by atoms with Gasteiger partial charge in [-0.3, -0.25) is 9.69 Å². The molecule has 1 aliphatic carbocycles. The van der Waals surface area contributed by atoms with Crippen LogP contribution in [0.15, 0.2) is 24.3 Å². The van der Waals surface area contributed by atoms with E-state index in [-0.39, 0.29) is 18.1 Å². The first-order valence-electron chi connectivity index (χ1n) is 11.9. The fourth-order valence-corrected chi connectivity index (χ4v) is 5.95. The van der Waals surface area contributed by atoms with Crippen molar-refractivity contribution in [3.05, 3.63) is 57.4 Å². The molecule has 0 radical (unpaired) electrons. The summed E-state index contributed by atoms with van der Waals surface area (Å²) >= 11 is 1.48. The van der Waals surface area contributed by atoms with Crippen molar-refractivity contribution in [2.45, 2.75) is 71.8 Å². The molecule has 1 saturated carbocycles. The highest BCUT2D eigenvalue weighted by molar-refractivity contribution is 7.20. The van der Waals surface area contributed by atoms with Gasteiger partial charge in [0.25, 0.3) is 5.91 Å². The average molecular weight is 465 g/mol. The third-order valence-electron chi connectivity index (χ3n) is 6.51. The highest BCUT2D eigenvalue weighted by Crippen LogP contribution is 2.40. The molecule has 3 heterocycles. The molecule has 1 aliphatic heterocycles. The molecule has 0 bridgehead atoms. The zero-order chi connectivity index (χ0) is 23.1. The lowest BCUT2D eigenvalue weighted by Gasteiger charge is -2.35. The lowest BCUT2D eigenvalue weighted by atomic mass is 10.1. The van der Waals surface area contributed by atoms with E-state index in [1.165, 1.54) is 29.7 Å². The maximum atomic E-state index is 13.0. The molecule has 3 aromatic rings. The van der Waals surface area contributed by atoms with Gasteiger partial charge in [-0.15, -0.1) is 11.3 Å². The molecule has 2 aliphatic rings. The second-order valence-corrected chi connectivity index (χ2v) is 10.6. The van der Waals surface area contributed by atoms with Crippen molar-refractivity contribution in [3.63, 3.8) is 0 Å². The maximum Gasteiger partial charge on any atom is 0.261 e. The molecule has 33 heavy (non-hydrogen) atoms. The molecule has 7 heteroatoms. The quantitative estimate of drug-likeness (QED) is 0.572. The largest absolute Gasteiger partial charge is 0.373 e. The van der Waals surface area contributed by atoms with Crippen molar-refractivity contribution in [1.29, 1.82) is 0 Å². The van der Waals surface area contributed by atoms with E-state index in [2.05, 4.69) is 48.3 Å². The number of morpholine rings is 1. The van der Waals surface area contributed by atoms with E-state index in [0.717, 1.165) is 57.4 Å². The number of thiophene rings is 1. The number of carbonyl (C=O) groups excluding carboxylic acids is 1. The van der Waals surface area contributed by atoms with Gasteiger partial charge < -0.3 is 10.1 Å². The van der Waals surface area contributed by atoms with Gasteiger partial charge in [0.1, 0.15) is 10.7 Å². The lowest BCUT2D eigenvalue weighted by molar-refractivity contribution is -0.0704. The summed E-state index contributed by atoms with van der Waals surface area (Å²) in [7, 11) is 0. The van der Waals surface area contributed by atoms with Gasteiger partial charge in [0, 0.05) is 37.5 Å². The topological polar surface area (TPSA) is 67.4 Å². The van der Waals surface area contributed by atoms with E-state index >= 15 is 0 Å². The minimum Gasteiger partial charge on any atom is -0.373 e. The van der Waals surface area contributed by atoms with Gasteiger partial charge in [0.2, 0.25) is 0 Å². The van der Waals surface area contributed by atoms with Crippen LogP contribution in [-0.2, 0) is 17.8 Å². The number of carbonyl (C=O) groups is 1. The molecule has 1 amide bonds. The summed E-state index contributed by atoms with van der Waals surface area (Å²) in [4.78, 5) is 26.6. The van der Waals surface area contributed by atoms with Crippen molar-refractivity contribution in [1.82, 2.24) is 20.2 Å². The minimum atomic E-state index is -0.0387. The lowest BCUT2D eigenvalue weighted by Crippen LogP contribution is -2.44. The van der Waals surface area contributed by atoms with Crippen LogP contribution in [0.1, 0.15) is 70.5 Å².